The third kappa shape index (κ3) is 6.77. The van der Waals surface area contributed by atoms with Crippen LogP contribution in [-0.4, -0.2) is 32.4 Å². The molecule has 0 amide bonds. The molecule has 0 aliphatic heterocycles. The summed E-state index contributed by atoms with van der Waals surface area (Å²) in [7, 11) is 1.64. The maximum Gasteiger partial charge on any atom is 0.333 e. The summed E-state index contributed by atoms with van der Waals surface area (Å²) in [5, 5.41) is 0. The zero-order chi connectivity index (χ0) is 15.7. The maximum absolute atomic E-state index is 11.2. The fourth-order valence-corrected chi connectivity index (χ4v) is 1.48. The molecular weight excluding hydrogens is 268 g/mol. The summed E-state index contributed by atoms with van der Waals surface area (Å²) in [4.78, 5) is 11.2. The zero-order valence-corrected chi connectivity index (χ0v) is 12.8. The van der Waals surface area contributed by atoms with E-state index < -0.39 is 0 Å². The largest absolute Gasteiger partial charge is 0.497 e. The van der Waals surface area contributed by atoms with Crippen LogP contribution >= 0.6 is 0 Å². The molecule has 21 heavy (non-hydrogen) atoms. The molecule has 0 saturated heterocycles. The Hall–Kier alpha value is -2.07. The van der Waals surface area contributed by atoms with Crippen molar-refractivity contribution in [1.82, 2.24) is 0 Å². The highest BCUT2D eigenvalue weighted by Gasteiger charge is 2.07. The third-order valence-electron chi connectivity index (χ3n) is 2.70. The van der Waals surface area contributed by atoms with Gasteiger partial charge in [-0.1, -0.05) is 30.9 Å². The summed E-state index contributed by atoms with van der Waals surface area (Å²) in [6.45, 7) is 7.67. The van der Waals surface area contributed by atoms with E-state index in [-0.39, 0.29) is 18.7 Å². The average Bonchev–Trinajstić information content (AvgIpc) is 2.49. The highest BCUT2D eigenvalue weighted by Crippen LogP contribution is 2.12. The molecule has 1 unspecified atom stereocenters. The van der Waals surface area contributed by atoms with Crippen LogP contribution in [0.2, 0.25) is 0 Å². The van der Waals surface area contributed by atoms with Crippen molar-refractivity contribution in [2.45, 2.75) is 20.0 Å². The number of carbonyl (C=O) groups excluding carboxylic acids is 1. The van der Waals surface area contributed by atoms with Gasteiger partial charge in [-0.05, 0) is 31.5 Å². The molecule has 4 heteroatoms. The van der Waals surface area contributed by atoms with E-state index in [1.807, 2.05) is 43.3 Å². The van der Waals surface area contributed by atoms with Crippen LogP contribution in [-0.2, 0) is 14.3 Å². The number of rotatable bonds is 8. The maximum atomic E-state index is 11.2. The minimum absolute atomic E-state index is 0.159. The van der Waals surface area contributed by atoms with E-state index in [1.54, 1.807) is 14.0 Å². The normalized spacial score (nSPS) is 12.1. The van der Waals surface area contributed by atoms with Gasteiger partial charge in [0.2, 0.25) is 0 Å². The molecule has 0 bridgehead atoms. The molecule has 1 aromatic rings. The summed E-state index contributed by atoms with van der Waals surface area (Å²) < 4.78 is 15.6. The van der Waals surface area contributed by atoms with Gasteiger partial charge in [0, 0.05) is 5.57 Å². The second-order valence-electron chi connectivity index (χ2n) is 4.70. The second kappa shape index (κ2) is 8.97. The fourth-order valence-electron chi connectivity index (χ4n) is 1.48. The molecule has 4 nitrogen and oxygen atoms in total. The van der Waals surface area contributed by atoms with Gasteiger partial charge in [-0.25, -0.2) is 4.79 Å². The SMILES string of the molecule is C=C(C)C(=O)OCC(C)OCC=Cc1ccc(OC)cc1. The van der Waals surface area contributed by atoms with Gasteiger partial charge in [-0.2, -0.15) is 0 Å². The molecular formula is C17H22O4. The number of benzene rings is 1. The lowest BCUT2D eigenvalue weighted by atomic mass is 10.2. The highest BCUT2D eigenvalue weighted by molar-refractivity contribution is 5.86. The summed E-state index contributed by atoms with van der Waals surface area (Å²) >= 11 is 0. The lowest BCUT2D eigenvalue weighted by Gasteiger charge is -2.12. The standard InChI is InChI=1S/C17H22O4/c1-13(2)17(18)21-12-14(3)20-11-5-6-15-7-9-16(19-4)10-8-15/h5-10,14H,1,11-12H2,2-4H3. The Morgan fingerprint density at radius 2 is 2.00 bits per heavy atom. The molecule has 1 rings (SSSR count). The van der Waals surface area contributed by atoms with Gasteiger partial charge in [0.05, 0.1) is 19.8 Å². The fraction of sp³-hybridized carbons (Fsp3) is 0.353. The Bertz CT molecular complexity index is 488. The Balaban J connectivity index is 2.26. The molecule has 114 valence electrons. The quantitative estimate of drug-likeness (QED) is 0.544. The summed E-state index contributed by atoms with van der Waals surface area (Å²) in [5.74, 6) is 0.440. The predicted octanol–water partition coefficient (Wildman–Crippen LogP) is 3.23. The lowest BCUT2D eigenvalue weighted by Crippen LogP contribution is -2.19. The lowest BCUT2D eigenvalue weighted by molar-refractivity contribution is -0.142. The first-order chi connectivity index (χ1) is 10.0. The number of hydrogen-bond acceptors (Lipinski definition) is 4. The van der Waals surface area contributed by atoms with Crippen molar-refractivity contribution in [1.29, 1.82) is 0 Å². The second-order valence-corrected chi connectivity index (χ2v) is 4.70. The zero-order valence-electron chi connectivity index (χ0n) is 12.8. The van der Waals surface area contributed by atoms with Gasteiger partial charge >= 0.3 is 5.97 Å². The van der Waals surface area contributed by atoms with Crippen LogP contribution < -0.4 is 4.74 Å². The number of ether oxygens (including phenoxy) is 3. The van der Waals surface area contributed by atoms with Gasteiger partial charge in [0.1, 0.15) is 12.4 Å². The van der Waals surface area contributed by atoms with Crippen LogP contribution in [0.25, 0.3) is 6.08 Å². The first-order valence-corrected chi connectivity index (χ1v) is 6.77. The van der Waals surface area contributed by atoms with E-state index in [2.05, 4.69) is 6.58 Å². The van der Waals surface area contributed by atoms with Crippen molar-refractivity contribution in [3.05, 3.63) is 48.1 Å². The number of esters is 1. The number of carbonyl (C=O) groups is 1. The molecule has 0 radical (unpaired) electrons. The first kappa shape index (κ1) is 17.0. The van der Waals surface area contributed by atoms with Crippen LogP contribution in [0.4, 0.5) is 0 Å². The van der Waals surface area contributed by atoms with Crippen molar-refractivity contribution in [3.63, 3.8) is 0 Å². The monoisotopic (exact) mass is 290 g/mol. The van der Waals surface area contributed by atoms with Crippen LogP contribution in [0.5, 0.6) is 5.75 Å². The van der Waals surface area contributed by atoms with Crippen molar-refractivity contribution in [3.8, 4) is 5.75 Å². The van der Waals surface area contributed by atoms with Crippen LogP contribution in [0, 0.1) is 0 Å². The van der Waals surface area contributed by atoms with Gasteiger partial charge in [0.25, 0.3) is 0 Å². The minimum atomic E-state index is -0.390. The first-order valence-electron chi connectivity index (χ1n) is 6.77. The number of hydrogen-bond donors (Lipinski definition) is 0. The van der Waals surface area contributed by atoms with Gasteiger partial charge in [0.15, 0.2) is 0 Å². The van der Waals surface area contributed by atoms with Crippen LogP contribution in [0.1, 0.15) is 19.4 Å². The van der Waals surface area contributed by atoms with E-state index in [0.717, 1.165) is 11.3 Å². The Morgan fingerprint density at radius 1 is 1.33 bits per heavy atom. The smallest absolute Gasteiger partial charge is 0.333 e. The van der Waals surface area contributed by atoms with Gasteiger partial charge in [-0.3, -0.25) is 0 Å². The van der Waals surface area contributed by atoms with E-state index >= 15 is 0 Å². The van der Waals surface area contributed by atoms with E-state index in [4.69, 9.17) is 14.2 Å². The molecule has 1 aromatic carbocycles. The Labute approximate surface area is 126 Å². The Morgan fingerprint density at radius 3 is 2.57 bits per heavy atom. The molecule has 0 N–H and O–H groups in total. The van der Waals surface area contributed by atoms with Crippen molar-refractivity contribution in [2.75, 3.05) is 20.3 Å². The van der Waals surface area contributed by atoms with E-state index in [0.29, 0.717) is 12.2 Å². The molecule has 0 fully saturated rings. The molecule has 0 spiro atoms. The molecule has 0 saturated carbocycles. The third-order valence-corrected chi connectivity index (χ3v) is 2.70. The molecule has 0 heterocycles. The van der Waals surface area contributed by atoms with Crippen LogP contribution in [0.3, 0.4) is 0 Å². The van der Waals surface area contributed by atoms with Crippen molar-refractivity contribution in [2.24, 2.45) is 0 Å². The van der Waals surface area contributed by atoms with Crippen molar-refractivity contribution >= 4 is 12.0 Å². The van der Waals surface area contributed by atoms with Gasteiger partial charge in [-0.15, -0.1) is 0 Å². The molecule has 0 aromatic heterocycles. The summed E-state index contributed by atoms with van der Waals surface area (Å²) in [6.07, 6.45) is 3.72. The summed E-state index contributed by atoms with van der Waals surface area (Å²) in [6, 6.07) is 7.74. The highest BCUT2D eigenvalue weighted by atomic mass is 16.6. The van der Waals surface area contributed by atoms with E-state index in [1.165, 1.54) is 0 Å². The average molecular weight is 290 g/mol. The topological polar surface area (TPSA) is 44.8 Å². The van der Waals surface area contributed by atoms with Crippen molar-refractivity contribution < 1.29 is 19.0 Å². The van der Waals surface area contributed by atoms with E-state index in [9.17, 15) is 4.79 Å². The molecule has 0 aliphatic rings. The minimum Gasteiger partial charge on any atom is -0.497 e. The van der Waals surface area contributed by atoms with Crippen LogP contribution in [0.15, 0.2) is 42.5 Å². The number of methoxy groups -OCH3 is 1. The van der Waals surface area contributed by atoms with Gasteiger partial charge < -0.3 is 14.2 Å². The Kier molecular flexibility index (Phi) is 7.26. The molecule has 0 aliphatic carbocycles. The molecule has 1 atom stereocenters. The predicted molar refractivity (Wildman–Crippen MR) is 83.2 cm³/mol. The summed E-state index contributed by atoms with van der Waals surface area (Å²) in [5.41, 5.74) is 1.46.